The van der Waals surface area contributed by atoms with E-state index in [4.69, 9.17) is 0 Å². The van der Waals surface area contributed by atoms with Gasteiger partial charge in [-0.15, -0.1) is 11.3 Å². The summed E-state index contributed by atoms with van der Waals surface area (Å²) < 4.78 is 0. The van der Waals surface area contributed by atoms with E-state index in [-0.39, 0.29) is 0 Å². The minimum atomic E-state index is 0.455. The summed E-state index contributed by atoms with van der Waals surface area (Å²) in [5.41, 5.74) is 1.62. The van der Waals surface area contributed by atoms with Crippen LogP contribution >= 0.6 is 11.3 Å². The van der Waals surface area contributed by atoms with Gasteiger partial charge in [-0.25, -0.2) is 4.98 Å². The lowest BCUT2D eigenvalue weighted by Gasteiger charge is -2.41. The molecule has 0 amide bonds. The van der Waals surface area contributed by atoms with E-state index in [1.165, 1.54) is 56.0 Å². The van der Waals surface area contributed by atoms with Crippen LogP contribution in [0, 0.1) is 6.92 Å². The molecule has 2 heterocycles. The van der Waals surface area contributed by atoms with Crippen LogP contribution in [-0.4, -0.2) is 41.6 Å². The Morgan fingerprint density at radius 3 is 3.00 bits per heavy atom. The van der Waals surface area contributed by atoms with Crippen molar-refractivity contribution in [1.29, 1.82) is 0 Å². The zero-order valence-electron chi connectivity index (χ0n) is 11.2. The van der Waals surface area contributed by atoms with E-state index in [1.54, 1.807) is 0 Å². The van der Waals surface area contributed by atoms with Crippen molar-refractivity contribution in [2.45, 2.75) is 44.6 Å². The van der Waals surface area contributed by atoms with Crippen LogP contribution in [0.15, 0.2) is 5.38 Å². The van der Waals surface area contributed by atoms with E-state index < -0.39 is 0 Å². The Kier molecular flexibility index (Phi) is 3.68. The van der Waals surface area contributed by atoms with Crippen molar-refractivity contribution in [3.63, 3.8) is 0 Å². The summed E-state index contributed by atoms with van der Waals surface area (Å²) in [4.78, 5) is 7.20. The molecular formula is C14H23N3S. The highest BCUT2D eigenvalue weighted by Crippen LogP contribution is 2.31. The maximum Gasteiger partial charge on any atom is 0.0940 e. The number of aryl methyl sites for hydroxylation is 1. The average Bonchev–Trinajstić information content (AvgIpc) is 2.97. The SMILES string of the molecule is Cc1csc(CCN2CCNC3(CCCC3)C2)n1. The Labute approximate surface area is 114 Å². The van der Waals surface area contributed by atoms with Gasteiger partial charge in [0.05, 0.1) is 5.01 Å². The summed E-state index contributed by atoms with van der Waals surface area (Å²) >= 11 is 1.81. The highest BCUT2D eigenvalue weighted by atomic mass is 32.1. The molecule has 1 aliphatic carbocycles. The Morgan fingerprint density at radius 2 is 2.28 bits per heavy atom. The average molecular weight is 265 g/mol. The Balaban J connectivity index is 1.53. The third kappa shape index (κ3) is 2.76. The van der Waals surface area contributed by atoms with E-state index in [0.717, 1.165) is 13.0 Å². The molecule has 2 aliphatic rings. The number of nitrogens with zero attached hydrogens (tertiary/aromatic N) is 2. The standard InChI is InChI=1S/C14H23N3S/c1-12-10-18-13(16-12)4-8-17-9-7-15-14(11-17)5-2-3-6-14/h10,15H,2-9,11H2,1H3. The summed E-state index contributed by atoms with van der Waals surface area (Å²) in [7, 11) is 0. The van der Waals surface area contributed by atoms with E-state index >= 15 is 0 Å². The maximum atomic E-state index is 4.56. The van der Waals surface area contributed by atoms with E-state index in [1.807, 2.05) is 11.3 Å². The number of nitrogens with one attached hydrogen (secondary N) is 1. The molecule has 3 rings (SSSR count). The molecule has 0 radical (unpaired) electrons. The number of aromatic nitrogens is 1. The quantitative estimate of drug-likeness (QED) is 0.908. The normalized spacial score (nSPS) is 23.8. The van der Waals surface area contributed by atoms with Gasteiger partial charge in [-0.2, -0.15) is 0 Å². The number of piperazine rings is 1. The monoisotopic (exact) mass is 265 g/mol. The Bertz CT molecular complexity index is 395. The Hall–Kier alpha value is -0.450. The number of rotatable bonds is 3. The van der Waals surface area contributed by atoms with Crippen molar-refractivity contribution in [3.8, 4) is 0 Å². The molecular weight excluding hydrogens is 242 g/mol. The van der Waals surface area contributed by atoms with E-state index in [9.17, 15) is 0 Å². The van der Waals surface area contributed by atoms with Gasteiger partial charge in [-0.3, -0.25) is 4.90 Å². The highest BCUT2D eigenvalue weighted by Gasteiger charge is 2.37. The van der Waals surface area contributed by atoms with Gasteiger partial charge in [-0.1, -0.05) is 12.8 Å². The minimum absolute atomic E-state index is 0.455. The third-order valence-corrected chi connectivity index (χ3v) is 5.35. The molecule has 1 saturated heterocycles. The first-order chi connectivity index (χ1) is 8.76. The zero-order valence-corrected chi connectivity index (χ0v) is 12.1. The predicted molar refractivity (Wildman–Crippen MR) is 76.2 cm³/mol. The summed E-state index contributed by atoms with van der Waals surface area (Å²) in [6.07, 6.45) is 6.69. The molecule has 4 heteroatoms. The highest BCUT2D eigenvalue weighted by molar-refractivity contribution is 7.09. The van der Waals surface area contributed by atoms with E-state index in [2.05, 4.69) is 27.5 Å². The molecule has 1 spiro atoms. The fourth-order valence-electron chi connectivity index (χ4n) is 3.39. The van der Waals surface area contributed by atoms with Crippen LogP contribution in [0.5, 0.6) is 0 Å². The predicted octanol–water partition coefficient (Wildman–Crippen LogP) is 2.21. The lowest BCUT2D eigenvalue weighted by molar-refractivity contribution is 0.136. The summed E-state index contributed by atoms with van der Waals surface area (Å²) in [6, 6.07) is 0. The molecule has 1 saturated carbocycles. The number of thiazole rings is 1. The Morgan fingerprint density at radius 1 is 1.44 bits per heavy atom. The minimum Gasteiger partial charge on any atom is -0.309 e. The second-order valence-electron chi connectivity index (χ2n) is 5.82. The first-order valence-corrected chi connectivity index (χ1v) is 8.02. The third-order valence-electron chi connectivity index (χ3n) is 4.32. The van der Waals surface area contributed by atoms with Gasteiger partial charge in [-0.05, 0) is 19.8 Å². The fourth-order valence-corrected chi connectivity index (χ4v) is 4.16. The van der Waals surface area contributed by atoms with Crippen molar-refractivity contribution in [3.05, 3.63) is 16.1 Å². The van der Waals surface area contributed by atoms with Gasteiger partial charge in [0.2, 0.25) is 0 Å². The van der Waals surface area contributed by atoms with Crippen molar-refractivity contribution < 1.29 is 0 Å². The van der Waals surface area contributed by atoms with Gasteiger partial charge in [0, 0.05) is 49.2 Å². The van der Waals surface area contributed by atoms with Gasteiger partial charge < -0.3 is 5.32 Å². The fraction of sp³-hybridized carbons (Fsp3) is 0.786. The molecule has 1 N–H and O–H groups in total. The molecule has 1 aliphatic heterocycles. The second-order valence-corrected chi connectivity index (χ2v) is 6.77. The summed E-state index contributed by atoms with van der Waals surface area (Å²) in [5.74, 6) is 0. The van der Waals surface area contributed by atoms with Crippen LogP contribution in [0.4, 0.5) is 0 Å². The van der Waals surface area contributed by atoms with Gasteiger partial charge >= 0.3 is 0 Å². The largest absolute Gasteiger partial charge is 0.309 e. The van der Waals surface area contributed by atoms with Gasteiger partial charge in [0.25, 0.3) is 0 Å². The van der Waals surface area contributed by atoms with Crippen LogP contribution in [0.1, 0.15) is 36.4 Å². The molecule has 100 valence electrons. The van der Waals surface area contributed by atoms with Crippen LogP contribution in [0.2, 0.25) is 0 Å². The molecule has 2 fully saturated rings. The smallest absolute Gasteiger partial charge is 0.0940 e. The molecule has 0 aromatic carbocycles. The number of hydrogen-bond donors (Lipinski definition) is 1. The molecule has 1 aromatic heterocycles. The summed E-state index contributed by atoms with van der Waals surface area (Å²) in [6.45, 7) is 6.87. The van der Waals surface area contributed by atoms with Crippen molar-refractivity contribution >= 4 is 11.3 Å². The van der Waals surface area contributed by atoms with Crippen LogP contribution in [0.3, 0.4) is 0 Å². The lowest BCUT2D eigenvalue weighted by atomic mass is 9.94. The van der Waals surface area contributed by atoms with Crippen LogP contribution in [0.25, 0.3) is 0 Å². The topological polar surface area (TPSA) is 28.2 Å². The zero-order chi connectivity index (χ0) is 12.4. The van der Waals surface area contributed by atoms with Crippen molar-refractivity contribution in [1.82, 2.24) is 15.2 Å². The van der Waals surface area contributed by atoms with Gasteiger partial charge in [0.15, 0.2) is 0 Å². The molecule has 18 heavy (non-hydrogen) atoms. The molecule has 0 bridgehead atoms. The van der Waals surface area contributed by atoms with E-state index in [0.29, 0.717) is 5.54 Å². The van der Waals surface area contributed by atoms with Gasteiger partial charge in [0.1, 0.15) is 0 Å². The molecule has 0 unspecified atom stereocenters. The van der Waals surface area contributed by atoms with Crippen LogP contribution < -0.4 is 5.32 Å². The molecule has 1 aromatic rings. The number of hydrogen-bond acceptors (Lipinski definition) is 4. The first kappa shape index (κ1) is 12.6. The van der Waals surface area contributed by atoms with Crippen molar-refractivity contribution in [2.75, 3.05) is 26.2 Å². The van der Waals surface area contributed by atoms with Crippen LogP contribution in [-0.2, 0) is 6.42 Å². The molecule has 0 atom stereocenters. The lowest BCUT2D eigenvalue weighted by Crippen LogP contribution is -2.59. The maximum absolute atomic E-state index is 4.56. The molecule has 3 nitrogen and oxygen atoms in total. The second kappa shape index (κ2) is 5.27. The first-order valence-electron chi connectivity index (χ1n) is 7.14. The summed E-state index contributed by atoms with van der Waals surface area (Å²) in [5, 5.41) is 7.23. The van der Waals surface area contributed by atoms with Crippen molar-refractivity contribution in [2.24, 2.45) is 0 Å².